The van der Waals surface area contributed by atoms with Gasteiger partial charge < -0.3 is 19.3 Å². The Labute approximate surface area is 158 Å². The molecule has 0 heterocycles. The minimum atomic E-state index is -1.02. The van der Waals surface area contributed by atoms with Gasteiger partial charge in [-0.25, -0.2) is 4.79 Å². The molecule has 5 nitrogen and oxygen atoms in total. The molecule has 2 rings (SSSR count). The number of aliphatic carboxylic acids is 1. The van der Waals surface area contributed by atoms with Gasteiger partial charge in [0.05, 0.1) is 16.6 Å². The van der Waals surface area contributed by atoms with Crippen LogP contribution in [0, 0.1) is 0 Å². The van der Waals surface area contributed by atoms with Crippen LogP contribution in [0.2, 0.25) is 5.02 Å². The predicted molar refractivity (Wildman–Crippen MR) is 99.8 cm³/mol. The first-order valence-electron chi connectivity index (χ1n) is 7.30. The Morgan fingerprint density at radius 2 is 1.92 bits per heavy atom. The number of rotatable bonds is 8. The van der Waals surface area contributed by atoms with Crippen LogP contribution < -0.4 is 14.2 Å². The van der Waals surface area contributed by atoms with Gasteiger partial charge >= 0.3 is 5.97 Å². The van der Waals surface area contributed by atoms with E-state index in [9.17, 15) is 4.79 Å². The molecule has 0 amide bonds. The number of para-hydroxylation sites is 1. The third-order valence-corrected chi connectivity index (χ3v) is 4.00. The zero-order valence-electron chi connectivity index (χ0n) is 13.4. The Balaban J connectivity index is 2.01. The minimum absolute atomic E-state index is 0.282. The summed E-state index contributed by atoms with van der Waals surface area (Å²) in [6.07, 6.45) is 2.53. The van der Waals surface area contributed by atoms with Gasteiger partial charge in [-0.1, -0.05) is 23.7 Å². The average molecular weight is 428 g/mol. The Bertz CT molecular complexity index is 776. The maximum absolute atomic E-state index is 10.6. The molecule has 0 saturated heterocycles. The van der Waals surface area contributed by atoms with Gasteiger partial charge in [-0.2, -0.15) is 0 Å². The largest absolute Gasteiger partial charge is 0.493 e. The Hall–Kier alpha value is -2.18. The fourth-order valence-corrected chi connectivity index (χ4v) is 2.77. The van der Waals surface area contributed by atoms with E-state index in [0.717, 1.165) is 6.08 Å². The summed E-state index contributed by atoms with van der Waals surface area (Å²) in [7, 11) is 1.51. The molecule has 0 aromatic heterocycles. The van der Waals surface area contributed by atoms with E-state index in [1.165, 1.54) is 13.2 Å². The van der Waals surface area contributed by atoms with Gasteiger partial charge in [-0.15, -0.1) is 0 Å². The molecule has 0 aliphatic heterocycles. The first-order chi connectivity index (χ1) is 12.0. The molecule has 0 saturated carbocycles. The smallest absolute Gasteiger partial charge is 0.328 e. The number of benzene rings is 2. The molecule has 0 atom stereocenters. The number of methoxy groups -OCH3 is 1. The van der Waals surface area contributed by atoms with E-state index >= 15 is 0 Å². The van der Waals surface area contributed by atoms with Crippen molar-refractivity contribution in [2.24, 2.45) is 0 Å². The molecule has 0 fully saturated rings. The number of carboxylic acid groups (broad SMARTS) is 1. The molecular weight excluding hydrogens is 412 g/mol. The molecule has 0 spiro atoms. The SMILES string of the molecule is COc1cc(/C=C/C(=O)O)cc(Br)c1OCCOc1ccccc1Cl. The van der Waals surface area contributed by atoms with E-state index in [1.807, 2.05) is 12.1 Å². The molecule has 7 heteroatoms. The van der Waals surface area contributed by atoms with Gasteiger partial charge in [0.25, 0.3) is 0 Å². The Morgan fingerprint density at radius 1 is 1.20 bits per heavy atom. The maximum atomic E-state index is 10.6. The van der Waals surface area contributed by atoms with Crippen LogP contribution in [0.4, 0.5) is 0 Å². The normalized spacial score (nSPS) is 10.7. The summed E-state index contributed by atoms with van der Waals surface area (Å²) in [5.74, 6) is 0.565. The van der Waals surface area contributed by atoms with Crippen molar-refractivity contribution in [2.75, 3.05) is 20.3 Å². The van der Waals surface area contributed by atoms with E-state index in [1.54, 1.807) is 24.3 Å². The third kappa shape index (κ3) is 5.69. The number of carbonyl (C=O) groups is 1. The second-order valence-corrected chi connectivity index (χ2v) is 6.09. The van der Waals surface area contributed by atoms with Gasteiger partial charge in [0, 0.05) is 6.08 Å². The molecule has 0 unspecified atom stereocenters. The second-order valence-electron chi connectivity index (χ2n) is 4.83. The summed E-state index contributed by atoms with van der Waals surface area (Å²) in [6.45, 7) is 0.588. The van der Waals surface area contributed by atoms with Crippen molar-refractivity contribution in [3.05, 3.63) is 57.5 Å². The summed E-state index contributed by atoms with van der Waals surface area (Å²) in [6, 6.07) is 10.6. The molecule has 0 aliphatic carbocycles. The number of hydrogen-bond donors (Lipinski definition) is 1. The van der Waals surface area contributed by atoms with Gasteiger partial charge in [0.2, 0.25) is 0 Å². The van der Waals surface area contributed by atoms with Crippen LogP contribution in [0.25, 0.3) is 6.08 Å². The van der Waals surface area contributed by atoms with Crippen molar-refractivity contribution in [2.45, 2.75) is 0 Å². The van der Waals surface area contributed by atoms with Gasteiger partial charge in [0.1, 0.15) is 19.0 Å². The summed E-state index contributed by atoms with van der Waals surface area (Å²) in [5.41, 5.74) is 0.672. The zero-order valence-corrected chi connectivity index (χ0v) is 15.7. The van der Waals surface area contributed by atoms with Crippen molar-refractivity contribution in [3.63, 3.8) is 0 Å². The van der Waals surface area contributed by atoms with Crippen LogP contribution in [-0.2, 0) is 4.79 Å². The predicted octanol–water partition coefficient (Wildman–Crippen LogP) is 4.67. The molecule has 0 radical (unpaired) electrons. The fraction of sp³-hybridized carbons (Fsp3) is 0.167. The maximum Gasteiger partial charge on any atom is 0.328 e. The lowest BCUT2D eigenvalue weighted by molar-refractivity contribution is -0.131. The van der Waals surface area contributed by atoms with E-state index < -0.39 is 5.97 Å². The lowest BCUT2D eigenvalue weighted by Crippen LogP contribution is -2.10. The highest BCUT2D eigenvalue weighted by Crippen LogP contribution is 2.37. The lowest BCUT2D eigenvalue weighted by Gasteiger charge is -2.14. The van der Waals surface area contributed by atoms with Crippen LogP contribution in [-0.4, -0.2) is 31.4 Å². The number of halogens is 2. The lowest BCUT2D eigenvalue weighted by atomic mass is 10.2. The number of ether oxygens (including phenoxy) is 3. The topological polar surface area (TPSA) is 65.0 Å². The van der Waals surface area contributed by atoms with E-state index in [-0.39, 0.29) is 6.61 Å². The van der Waals surface area contributed by atoms with Gasteiger partial charge in [0.15, 0.2) is 11.5 Å². The van der Waals surface area contributed by atoms with E-state index in [4.69, 9.17) is 30.9 Å². The van der Waals surface area contributed by atoms with E-state index in [2.05, 4.69) is 15.9 Å². The van der Waals surface area contributed by atoms with Crippen LogP contribution >= 0.6 is 27.5 Å². The van der Waals surface area contributed by atoms with Crippen molar-refractivity contribution < 1.29 is 24.1 Å². The van der Waals surface area contributed by atoms with Crippen LogP contribution in [0.15, 0.2) is 46.9 Å². The standard InChI is InChI=1S/C18H16BrClO5/c1-23-16-11-12(6-7-17(21)22)10-13(19)18(16)25-9-8-24-15-5-3-2-4-14(15)20/h2-7,10-11H,8-9H2,1H3,(H,21,22)/b7-6+. The highest BCUT2D eigenvalue weighted by atomic mass is 79.9. The molecule has 25 heavy (non-hydrogen) atoms. The molecule has 2 aromatic carbocycles. The van der Waals surface area contributed by atoms with Crippen LogP contribution in [0.3, 0.4) is 0 Å². The molecule has 0 bridgehead atoms. The highest BCUT2D eigenvalue weighted by Gasteiger charge is 2.11. The van der Waals surface area contributed by atoms with Crippen molar-refractivity contribution in [1.82, 2.24) is 0 Å². The highest BCUT2D eigenvalue weighted by molar-refractivity contribution is 9.10. The van der Waals surface area contributed by atoms with Crippen molar-refractivity contribution >= 4 is 39.6 Å². The Morgan fingerprint density at radius 3 is 2.60 bits per heavy atom. The molecule has 1 N–H and O–H groups in total. The number of carboxylic acids is 1. The van der Waals surface area contributed by atoms with E-state index in [0.29, 0.717) is 38.9 Å². The summed E-state index contributed by atoms with van der Waals surface area (Å²) in [5, 5.41) is 9.24. The van der Waals surface area contributed by atoms with Gasteiger partial charge in [-0.05, 0) is 51.8 Å². The monoisotopic (exact) mass is 426 g/mol. The van der Waals surface area contributed by atoms with Crippen molar-refractivity contribution in [1.29, 1.82) is 0 Å². The molecule has 0 aliphatic rings. The summed E-state index contributed by atoms with van der Waals surface area (Å²) < 4.78 is 17.2. The van der Waals surface area contributed by atoms with Crippen molar-refractivity contribution in [3.8, 4) is 17.2 Å². The first-order valence-corrected chi connectivity index (χ1v) is 8.47. The third-order valence-electron chi connectivity index (χ3n) is 3.09. The van der Waals surface area contributed by atoms with Gasteiger partial charge in [-0.3, -0.25) is 0 Å². The number of hydrogen-bond acceptors (Lipinski definition) is 4. The summed E-state index contributed by atoms with van der Waals surface area (Å²) in [4.78, 5) is 10.6. The summed E-state index contributed by atoms with van der Waals surface area (Å²) >= 11 is 9.43. The van der Waals surface area contributed by atoms with Crippen LogP contribution in [0.5, 0.6) is 17.2 Å². The molecular formula is C18H16BrClO5. The quantitative estimate of drug-likeness (QED) is 0.490. The fourth-order valence-electron chi connectivity index (χ4n) is 2.00. The minimum Gasteiger partial charge on any atom is -0.493 e. The molecule has 2 aromatic rings. The first kappa shape index (κ1) is 19.1. The van der Waals surface area contributed by atoms with Crippen LogP contribution in [0.1, 0.15) is 5.56 Å². The Kier molecular flexibility index (Phi) is 7.16. The second kappa shape index (κ2) is 9.34. The molecule has 132 valence electrons. The average Bonchev–Trinajstić information content (AvgIpc) is 2.59. The zero-order chi connectivity index (χ0) is 18.2.